The largest absolute Gasteiger partial charge is 0.382 e. The molecule has 1 aliphatic heterocycles. The molecule has 1 aromatic heterocycles. The maximum absolute atomic E-state index is 9.28. The Hall–Kier alpha value is -1.94. The Labute approximate surface area is 131 Å². The van der Waals surface area contributed by atoms with Crippen LogP contribution in [0.1, 0.15) is 5.56 Å². The third-order valence-electron chi connectivity index (χ3n) is 3.30. The minimum absolute atomic E-state index is 0.258. The first-order valence-corrected chi connectivity index (χ1v) is 7.07. The lowest BCUT2D eigenvalue weighted by atomic mass is 10.2. The van der Waals surface area contributed by atoms with Crippen molar-refractivity contribution in [3.05, 3.63) is 33.8 Å². The van der Waals surface area contributed by atoms with E-state index in [4.69, 9.17) is 28.9 Å². The Bertz CT molecular complexity index is 729. The van der Waals surface area contributed by atoms with Crippen LogP contribution in [0, 0.1) is 11.3 Å². The van der Waals surface area contributed by atoms with Crippen molar-refractivity contribution in [3.8, 4) is 11.8 Å². The van der Waals surface area contributed by atoms with Crippen molar-refractivity contribution < 1.29 is 0 Å². The van der Waals surface area contributed by atoms with Gasteiger partial charge in [0, 0.05) is 13.1 Å². The standard InChI is InChI=1S/C13H12Cl2N6/c14-10-2-1-8(3-11(10)15)21-12(17)9(4-16)13(20-21)19-7-5-18-6-7/h1-3,7,18H,5-6,17H2,(H,19,20). The van der Waals surface area contributed by atoms with E-state index < -0.39 is 0 Å². The summed E-state index contributed by atoms with van der Waals surface area (Å²) >= 11 is 11.9. The van der Waals surface area contributed by atoms with Gasteiger partial charge in [-0.1, -0.05) is 23.2 Å². The van der Waals surface area contributed by atoms with Gasteiger partial charge in [-0.05, 0) is 18.2 Å². The normalized spacial score (nSPS) is 14.5. The van der Waals surface area contributed by atoms with E-state index in [-0.39, 0.29) is 11.9 Å². The molecular weight excluding hydrogens is 311 g/mol. The average Bonchev–Trinajstić information content (AvgIpc) is 2.73. The maximum Gasteiger partial charge on any atom is 0.169 e. The fraction of sp³-hybridized carbons (Fsp3) is 0.231. The zero-order chi connectivity index (χ0) is 15.0. The second-order valence-electron chi connectivity index (χ2n) is 4.73. The van der Waals surface area contributed by atoms with Crippen LogP contribution < -0.4 is 16.4 Å². The van der Waals surface area contributed by atoms with Gasteiger partial charge in [-0.15, -0.1) is 5.10 Å². The number of nitrogens with one attached hydrogen (secondary N) is 2. The minimum Gasteiger partial charge on any atom is -0.382 e. The monoisotopic (exact) mass is 322 g/mol. The summed E-state index contributed by atoms with van der Waals surface area (Å²) in [6.07, 6.45) is 0. The zero-order valence-electron chi connectivity index (χ0n) is 10.9. The molecule has 2 heterocycles. The van der Waals surface area contributed by atoms with Gasteiger partial charge in [0.05, 0.1) is 21.8 Å². The summed E-state index contributed by atoms with van der Waals surface area (Å²) in [5, 5.41) is 20.8. The van der Waals surface area contributed by atoms with E-state index in [0.717, 1.165) is 13.1 Å². The second-order valence-corrected chi connectivity index (χ2v) is 5.54. The van der Waals surface area contributed by atoms with Crippen molar-refractivity contribution in [2.75, 3.05) is 24.1 Å². The van der Waals surface area contributed by atoms with Crippen LogP contribution >= 0.6 is 23.2 Å². The number of nitrogens with two attached hydrogens (primary N) is 1. The van der Waals surface area contributed by atoms with Gasteiger partial charge in [0.1, 0.15) is 17.5 Å². The molecule has 0 spiro atoms. The SMILES string of the molecule is N#Cc1c(NC2CNC2)nn(-c2ccc(Cl)c(Cl)c2)c1N. The highest BCUT2D eigenvalue weighted by Gasteiger charge is 2.22. The molecule has 0 bridgehead atoms. The smallest absolute Gasteiger partial charge is 0.169 e. The summed E-state index contributed by atoms with van der Waals surface area (Å²) in [5.41, 5.74) is 6.99. The van der Waals surface area contributed by atoms with Gasteiger partial charge in [-0.2, -0.15) is 5.26 Å². The van der Waals surface area contributed by atoms with Crippen LogP contribution in [0.2, 0.25) is 10.0 Å². The molecule has 2 aromatic rings. The lowest BCUT2D eigenvalue weighted by Gasteiger charge is -2.27. The van der Waals surface area contributed by atoms with Crippen LogP contribution in [0.15, 0.2) is 18.2 Å². The minimum atomic E-state index is 0.258. The number of anilines is 2. The van der Waals surface area contributed by atoms with E-state index in [1.165, 1.54) is 4.68 Å². The summed E-state index contributed by atoms with van der Waals surface area (Å²) in [4.78, 5) is 0. The summed E-state index contributed by atoms with van der Waals surface area (Å²) < 4.78 is 1.48. The van der Waals surface area contributed by atoms with Crippen molar-refractivity contribution in [3.63, 3.8) is 0 Å². The molecule has 4 N–H and O–H groups in total. The summed E-state index contributed by atoms with van der Waals surface area (Å²) in [6.45, 7) is 1.68. The number of halogens is 2. The van der Waals surface area contributed by atoms with Crippen LogP contribution in [-0.4, -0.2) is 28.9 Å². The Morgan fingerprint density at radius 3 is 2.71 bits per heavy atom. The molecule has 0 aliphatic carbocycles. The second kappa shape index (κ2) is 5.45. The van der Waals surface area contributed by atoms with E-state index >= 15 is 0 Å². The lowest BCUT2D eigenvalue weighted by molar-refractivity contribution is 0.470. The molecule has 0 amide bonds. The average molecular weight is 323 g/mol. The number of hydrogen-bond acceptors (Lipinski definition) is 5. The van der Waals surface area contributed by atoms with Crippen LogP contribution in [0.4, 0.5) is 11.6 Å². The first-order valence-electron chi connectivity index (χ1n) is 6.31. The number of aromatic nitrogens is 2. The highest BCUT2D eigenvalue weighted by molar-refractivity contribution is 6.42. The molecule has 8 heteroatoms. The molecule has 0 radical (unpaired) electrons. The number of nitriles is 1. The van der Waals surface area contributed by atoms with Gasteiger partial charge in [0.15, 0.2) is 5.82 Å². The summed E-state index contributed by atoms with van der Waals surface area (Å²) in [6, 6.07) is 7.40. The Morgan fingerprint density at radius 1 is 1.38 bits per heavy atom. The molecular formula is C13H12Cl2N6. The maximum atomic E-state index is 9.28. The molecule has 108 valence electrons. The number of hydrogen-bond donors (Lipinski definition) is 3. The highest BCUT2D eigenvalue weighted by Crippen LogP contribution is 2.29. The van der Waals surface area contributed by atoms with Crippen molar-refractivity contribution >= 4 is 34.8 Å². The first kappa shape index (κ1) is 14.0. The topological polar surface area (TPSA) is 91.7 Å². The van der Waals surface area contributed by atoms with Crippen molar-refractivity contribution in [2.45, 2.75) is 6.04 Å². The van der Waals surface area contributed by atoms with Gasteiger partial charge in [0.25, 0.3) is 0 Å². The molecule has 1 saturated heterocycles. The molecule has 3 rings (SSSR count). The predicted octanol–water partition coefficient (Wildman–Crippen LogP) is 2.02. The van der Waals surface area contributed by atoms with E-state index in [1.54, 1.807) is 18.2 Å². The molecule has 0 saturated carbocycles. The lowest BCUT2D eigenvalue weighted by Crippen LogP contribution is -2.51. The molecule has 1 aliphatic rings. The van der Waals surface area contributed by atoms with Gasteiger partial charge in [-0.25, -0.2) is 4.68 Å². The fourth-order valence-corrected chi connectivity index (χ4v) is 2.33. The van der Waals surface area contributed by atoms with Crippen LogP contribution in [0.25, 0.3) is 5.69 Å². The molecule has 6 nitrogen and oxygen atoms in total. The number of rotatable bonds is 3. The molecule has 1 fully saturated rings. The van der Waals surface area contributed by atoms with Gasteiger partial charge < -0.3 is 16.4 Å². The Balaban J connectivity index is 2.02. The van der Waals surface area contributed by atoms with E-state index in [9.17, 15) is 5.26 Å². The Kier molecular flexibility index (Phi) is 3.64. The Morgan fingerprint density at radius 2 is 2.14 bits per heavy atom. The van der Waals surface area contributed by atoms with Crippen LogP contribution in [0.3, 0.4) is 0 Å². The summed E-state index contributed by atoms with van der Waals surface area (Å²) in [7, 11) is 0. The van der Waals surface area contributed by atoms with Crippen molar-refractivity contribution in [1.82, 2.24) is 15.1 Å². The summed E-state index contributed by atoms with van der Waals surface area (Å²) in [5.74, 6) is 0.748. The third kappa shape index (κ3) is 2.51. The van der Waals surface area contributed by atoms with Gasteiger partial charge in [0.2, 0.25) is 0 Å². The number of nitrogen functional groups attached to an aromatic ring is 1. The number of nitrogens with zero attached hydrogens (tertiary/aromatic N) is 3. The van der Waals surface area contributed by atoms with E-state index in [2.05, 4.69) is 21.8 Å². The van der Waals surface area contributed by atoms with Crippen LogP contribution in [0.5, 0.6) is 0 Å². The molecule has 1 aromatic carbocycles. The van der Waals surface area contributed by atoms with Gasteiger partial charge >= 0.3 is 0 Å². The molecule has 0 unspecified atom stereocenters. The van der Waals surface area contributed by atoms with E-state index in [1.807, 2.05) is 0 Å². The fourth-order valence-electron chi connectivity index (χ4n) is 2.04. The third-order valence-corrected chi connectivity index (χ3v) is 4.04. The van der Waals surface area contributed by atoms with Crippen molar-refractivity contribution in [1.29, 1.82) is 5.26 Å². The van der Waals surface area contributed by atoms with Crippen LogP contribution in [-0.2, 0) is 0 Å². The highest BCUT2D eigenvalue weighted by atomic mass is 35.5. The predicted molar refractivity (Wildman–Crippen MR) is 83.0 cm³/mol. The molecule has 0 atom stereocenters. The molecule has 21 heavy (non-hydrogen) atoms. The van der Waals surface area contributed by atoms with E-state index in [0.29, 0.717) is 27.1 Å². The zero-order valence-corrected chi connectivity index (χ0v) is 12.4. The quantitative estimate of drug-likeness (QED) is 0.804. The van der Waals surface area contributed by atoms with Crippen molar-refractivity contribution in [2.24, 2.45) is 0 Å². The number of benzene rings is 1. The first-order chi connectivity index (χ1) is 10.1. The van der Waals surface area contributed by atoms with Gasteiger partial charge in [-0.3, -0.25) is 0 Å².